The van der Waals surface area contributed by atoms with E-state index in [9.17, 15) is 13.6 Å². The van der Waals surface area contributed by atoms with Gasteiger partial charge in [0.1, 0.15) is 18.6 Å². The second kappa shape index (κ2) is 7.72. The molecule has 0 radical (unpaired) electrons. The summed E-state index contributed by atoms with van der Waals surface area (Å²) in [7, 11) is 0. The quantitative estimate of drug-likeness (QED) is 0.501. The van der Waals surface area contributed by atoms with Gasteiger partial charge in [-0.3, -0.25) is 4.79 Å². The fourth-order valence-corrected chi connectivity index (χ4v) is 4.46. The van der Waals surface area contributed by atoms with Crippen LogP contribution in [0.3, 0.4) is 0 Å². The molecule has 3 aromatic heterocycles. The van der Waals surface area contributed by atoms with Gasteiger partial charge < -0.3 is 9.47 Å². The van der Waals surface area contributed by atoms with E-state index >= 15 is 0 Å². The maximum atomic E-state index is 13.5. The van der Waals surface area contributed by atoms with Gasteiger partial charge in [-0.25, -0.2) is 13.8 Å². The number of amides is 1. The van der Waals surface area contributed by atoms with E-state index < -0.39 is 6.43 Å². The van der Waals surface area contributed by atoms with E-state index in [1.165, 1.54) is 12.4 Å². The molecule has 1 aromatic carbocycles. The first-order valence-corrected chi connectivity index (χ1v) is 10.3. The molecule has 0 aliphatic carbocycles. The van der Waals surface area contributed by atoms with E-state index in [2.05, 4.69) is 21.1 Å². The van der Waals surface area contributed by atoms with Crippen LogP contribution in [0.1, 0.15) is 42.3 Å². The highest BCUT2D eigenvalue weighted by atomic mass is 19.3. The monoisotopic (exact) mass is 424 g/mol. The smallest absolute Gasteiger partial charge is 0.280 e. The number of likely N-dealkylation sites (tertiary alicyclic amines) is 1. The van der Waals surface area contributed by atoms with E-state index in [1.54, 1.807) is 0 Å². The normalized spacial score (nSPS) is 17.2. The second-order valence-electron chi connectivity index (χ2n) is 7.99. The van der Waals surface area contributed by atoms with Gasteiger partial charge in [0.05, 0.1) is 5.69 Å². The molecular weight excluding hydrogens is 402 g/mol. The van der Waals surface area contributed by atoms with Gasteiger partial charge in [0.25, 0.3) is 12.2 Å². The number of aromatic nitrogens is 5. The minimum absolute atomic E-state index is 0.0202. The molecule has 160 valence electrons. The maximum absolute atomic E-state index is 13.5. The lowest BCUT2D eigenvalue weighted by molar-refractivity contribution is -0.133. The molecule has 0 spiro atoms. The summed E-state index contributed by atoms with van der Waals surface area (Å²) in [4.78, 5) is 23.4. The largest absolute Gasteiger partial charge is 0.340 e. The summed E-state index contributed by atoms with van der Waals surface area (Å²) in [6.07, 6.45) is 0.122. The first kappa shape index (κ1) is 19.6. The van der Waals surface area contributed by atoms with Crippen LogP contribution in [-0.2, 0) is 11.3 Å². The average Bonchev–Trinajstić information content (AvgIpc) is 3.37. The first-order chi connectivity index (χ1) is 15.0. The highest BCUT2D eigenvalue weighted by Crippen LogP contribution is 2.29. The van der Waals surface area contributed by atoms with Crippen molar-refractivity contribution >= 4 is 22.6 Å². The van der Waals surface area contributed by atoms with Gasteiger partial charge in [-0.15, -0.1) is 0 Å². The molecule has 0 unspecified atom stereocenters. The van der Waals surface area contributed by atoms with Gasteiger partial charge in [0.2, 0.25) is 5.91 Å². The molecule has 1 aliphatic heterocycles. The summed E-state index contributed by atoms with van der Waals surface area (Å²) in [5.41, 5.74) is 2.37. The average molecular weight is 424 g/mol. The lowest BCUT2D eigenvalue weighted by atomic mass is 9.94. The highest BCUT2D eigenvalue weighted by Gasteiger charge is 2.28. The summed E-state index contributed by atoms with van der Waals surface area (Å²) in [6, 6.07) is 11.5. The Kier molecular flexibility index (Phi) is 4.88. The number of para-hydroxylation sites is 1. The topological polar surface area (TPSA) is 68.3 Å². The number of hydrogen-bond donors (Lipinski definition) is 0. The SMILES string of the molecule is Cc1cc2ccccc2n1CC(=O)N1CCC[C@H](c2cc(C(F)F)n3ncnc3n2)C1. The number of carbonyl (C=O) groups is 1. The first-order valence-electron chi connectivity index (χ1n) is 10.3. The number of nitrogens with zero attached hydrogens (tertiary/aromatic N) is 6. The van der Waals surface area contributed by atoms with Gasteiger partial charge in [0, 0.05) is 30.2 Å². The van der Waals surface area contributed by atoms with Crippen molar-refractivity contribution in [1.29, 1.82) is 0 Å². The van der Waals surface area contributed by atoms with Crippen LogP contribution in [0.2, 0.25) is 0 Å². The van der Waals surface area contributed by atoms with Crippen LogP contribution in [0.25, 0.3) is 16.7 Å². The Morgan fingerprint density at radius 2 is 2.10 bits per heavy atom. The number of piperidine rings is 1. The lowest BCUT2D eigenvalue weighted by Gasteiger charge is -2.33. The van der Waals surface area contributed by atoms with Crippen molar-refractivity contribution in [2.75, 3.05) is 13.1 Å². The molecular formula is C22H22F2N6O. The van der Waals surface area contributed by atoms with Crippen molar-refractivity contribution in [1.82, 2.24) is 29.0 Å². The van der Waals surface area contributed by atoms with Crippen molar-refractivity contribution in [2.45, 2.75) is 38.7 Å². The second-order valence-corrected chi connectivity index (χ2v) is 7.99. The third-order valence-corrected chi connectivity index (χ3v) is 6.03. The number of aryl methyl sites for hydroxylation is 1. The Balaban J connectivity index is 1.38. The number of halogens is 2. The van der Waals surface area contributed by atoms with Gasteiger partial charge in [-0.2, -0.15) is 14.6 Å². The molecule has 5 rings (SSSR count). The van der Waals surface area contributed by atoms with Crippen molar-refractivity contribution in [2.24, 2.45) is 0 Å². The van der Waals surface area contributed by atoms with E-state index in [0.29, 0.717) is 18.8 Å². The zero-order valence-electron chi connectivity index (χ0n) is 17.1. The Hall–Kier alpha value is -3.36. The van der Waals surface area contributed by atoms with Crippen LogP contribution in [0.15, 0.2) is 42.7 Å². The Morgan fingerprint density at radius 1 is 1.26 bits per heavy atom. The summed E-state index contributed by atoms with van der Waals surface area (Å²) >= 11 is 0. The molecule has 4 heterocycles. The summed E-state index contributed by atoms with van der Waals surface area (Å²) in [6.45, 7) is 3.36. The minimum atomic E-state index is -2.68. The summed E-state index contributed by atoms with van der Waals surface area (Å²) in [5, 5.41) is 4.95. The molecule has 1 amide bonds. The molecule has 0 bridgehead atoms. The zero-order chi connectivity index (χ0) is 21.5. The van der Waals surface area contributed by atoms with Gasteiger partial charge in [0.15, 0.2) is 0 Å². The molecule has 0 saturated carbocycles. The fourth-order valence-electron chi connectivity index (χ4n) is 4.46. The molecule has 7 nitrogen and oxygen atoms in total. The molecule has 1 atom stereocenters. The molecule has 0 N–H and O–H groups in total. The van der Waals surface area contributed by atoms with Crippen LogP contribution in [0, 0.1) is 6.92 Å². The Bertz CT molecular complexity index is 1260. The predicted molar refractivity (Wildman–Crippen MR) is 111 cm³/mol. The van der Waals surface area contributed by atoms with Crippen LogP contribution in [0.5, 0.6) is 0 Å². The standard InChI is InChI=1S/C22H22F2N6O/c1-14-9-15-5-2-3-7-18(15)29(14)12-20(31)28-8-4-6-16(11-28)17-10-19(21(23)24)30-22(27-17)25-13-26-30/h2-3,5,7,9-10,13,16,21H,4,6,8,11-12H2,1H3/t16-/m0/s1. The van der Waals surface area contributed by atoms with Crippen LogP contribution < -0.4 is 0 Å². The van der Waals surface area contributed by atoms with Gasteiger partial charge >= 0.3 is 0 Å². The zero-order valence-corrected chi connectivity index (χ0v) is 17.1. The van der Waals surface area contributed by atoms with E-state index in [1.807, 2.05) is 40.7 Å². The number of carbonyl (C=O) groups excluding carboxylic acids is 1. The van der Waals surface area contributed by atoms with Gasteiger partial charge in [-0.05, 0) is 43.4 Å². The molecule has 31 heavy (non-hydrogen) atoms. The van der Waals surface area contributed by atoms with E-state index in [4.69, 9.17) is 0 Å². The minimum Gasteiger partial charge on any atom is -0.340 e. The van der Waals surface area contributed by atoms with Crippen molar-refractivity contribution < 1.29 is 13.6 Å². The van der Waals surface area contributed by atoms with E-state index in [0.717, 1.165) is 34.0 Å². The third kappa shape index (κ3) is 3.54. The predicted octanol–water partition coefficient (Wildman–Crippen LogP) is 3.73. The summed E-state index contributed by atoms with van der Waals surface area (Å²) in [5.74, 6) is 0.0666. The fraction of sp³-hybridized carbons (Fsp3) is 0.364. The molecule has 9 heteroatoms. The molecule has 1 fully saturated rings. The molecule has 4 aromatic rings. The van der Waals surface area contributed by atoms with Crippen LogP contribution in [0.4, 0.5) is 8.78 Å². The van der Waals surface area contributed by atoms with Crippen molar-refractivity contribution in [3.63, 3.8) is 0 Å². The van der Waals surface area contributed by atoms with Crippen molar-refractivity contribution in [3.8, 4) is 0 Å². The number of alkyl halides is 2. The Morgan fingerprint density at radius 3 is 2.94 bits per heavy atom. The lowest BCUT2D eigenvalue weighted by Crippen LogP contribution is -2.41. The van der Waals surface area contributed by atoms with E-state index in [-0.39, 0.29) is 29.8 Å². The third-order valence-electron chi connectivity index (χ3n) is 6.03. The molecule has 1 saturated heterocycles. The number of hydrogen-bond acceptors (Lipinski definition) is 4. The van der Waals surface area contributed by atoms with Crippen molar-refractivity contribution in [3.05, 3.63) is 59.8 Å². The number of benzene rings is 1. The van der Waals surface area contributed by atoms with Crippen LogP contribution in [-0.4, -0.2) is 48.0 Å². The summed E-state index contributed by atoms with van der Waals surface area (Å²) < 4.78 is 30.1. The maximum Gasteiger partial charge on any atom is 0.280 e. The highest BCUT2D eigenvalue weighted by molar-refractivity contribution is 5.84. The number of rotatable bonds is 4. The Labute approximate surface area is 177 Å². The molecule has 1 aliphatic rings. The van der Waals surface area contributed by atoms with Crippen LogP contribution >= 0.6 is 0 Å². The van der Waals surface area contributed by atoms with Gasteiger partial charge in [-0.1, -0.05) is 18.2 Å². The number of fused-ring (bicyclic) bond motifs is 2.